The Kier molecular flexibility index (Phi) is 5.42. The van der Waals surface area contributed by atoms with Crippen molar-refractivity contribution in [2.45, 2.75) is 26.4 Å². The summed E-state index contributed by atoms with van der Waals surface area (Å²) in [5.74, 6) is 0. The molecule has 0 unspecified atom stereocenters. The van der Waals surface area contributed by atoms with Crippen LogP contribution < -0.4 is 16.0 Å². The Bertz CT molecular complexity index is 692. The molecule has 0 radical (unpaired) electrons. The van der Waals surface area contributed by atoms with E-state index in [9.17, 15) is 9.59 Å². The molecule has 0 aliphatic heterocycles. The maximum absolute atomic E-state index is 11.9. The number of urea groups is 1. The quantitative estimate of drug-likeness (QED) is 0.766. The lowest BCUT2D eigenvalue weighted by Crippen LogP contribution is -2.27. The van der Waals surface area contributed by atoms with Gasteiger partial charge < -0.3 is 15.4 Å². The molecular weight excluding hydrogens is 306 g/mol. The summed E-state index contributed by atoms with van der Waals surface area (Å²) in [7, 11) is 0. The van der Waals surface area contributed by atoms with E-state index in [1.165, 1.54) is 0 Å². The molecule has 6 nitrogen and oxygen atoms in total. The van der Waals surface area contributed by atoms with Crippen molar-refractivity contribution in [3.8, 4) is 0 Å². The van der Waals surface area contributed by atoms with Gasteiger partial charge in [-0.25, -0.2) is 9.59 Å². The van der Waals surface area contributed by atoms with Crippen LogP contribution in [0.5, 0.6) is 0 Å². The van der Waals surface area contributed by atoms with Crippen LogP contribution >= 0.6 is 0 Å². The van der Waals surface area contributed by atoms with Gasteiger partial charge in [-0.1, -0.05) is 18.2 Å². The van der Waals surface area contributed by atoms with Gasteiger partial charge in [0, 0.05) is 17.1 Å². The molecule has 0 fully saturated rings. The zero-order valence-corrected chi connectivity index (χ0v) is 13.9. The zero-order chi connectivity index (χ0) is 17.6. The first kappa shape index (κ1) is 17.3. The van der Waals surface area contributed by atoms with Crippen molar-refractivity contribution in [3.05, 3.63) is 54.6 Å². The summed E-state index contributed by atoms with van der Waals surface area (Å²) in [5, 5.41) is 8.07. The van der Waals surface area contributed by atoms with E-state index in [0.717, 1.165) is 0 Å². The van der Waals surface area contributed by atoms with Gasteiger partial charge in [-0.2, -0.15) is 0 Å². The lowest BCUT2D eigenvalue weighted by atomic mass is 10.2. The topological polar surface area (TPSA) is 79.5 Å². The highest BCUT2D eigenvalue weighted by Gasteiger charge is 2.16. The molecule has 0 saturated heterocycles. The number of hydrogen-bond donors (Lipinski definition) is 3. The molecule has 2 aromatic rings. The number of ether oxygens (including phenoxy) is 1. The third kappa shape index (κ3) is 6.00. The van der Waals surface area contributed by atoms with Crippen LogP contribution in [-0.4, -0.2) is 17.7 Å². The van der Waals surface area contributed by atoms with Crippen LogP contribution in [0.1, 0.15) is 20.8 Å². The maximum Gasteiger partial charge on any atom is 0.412 e. The summed E-state index contributed by atoms with van der Waals surface area (Å²) >= 11 is 0. The van der Waals surface area contributed by atoms with E-state index in [0.29, 0.717) is 17.1 Å². The van der Waals surface area contributed by atoms with E-state index in [1.807, 2.05) is 18.2 Å². The molecule has 6 heteroatoms. The summed E-state index contributed by atoms with van der Waals surface area (Å²) in [4.78, 5) is 23.6. The van der Waals surface area contributed by atoms with Crippen molar-refractivity contribution in [2.24, 2.45) is 0 Å². The highest BCUT2D eigenvalue weighted by molar-refractivity contribution is 5.99. The van der Waals surface area contributed by atoms with Crippen molar-refractivity contribution in [1.29, 1.82) is 0 Å². The molecule has 0 saturated carbocycles. The molecule has 0 aromatic heterocycles. The fraction of sp³-hybridized carbons (Fsp3) is 0.222. The fourth-order valence-electron chi connectivity index (χ4n) is 1.87. The number of carbonyl (C=O) groups excluding carboxylic acids is 2. The molecule has 0 aliphatic carbocycles. The van der Waals surface area contributed by atoms with Crippen molar-refractivity contribution < 1.29 is 14.3 Å². The van der Waals surface area contributed by atoms with Crippen LogP contribution in [0, 0.1) is 0 Å². The van der Waals surface area contributed by atoms with Gasteiger partial charge in [0.05, 0.1) is 0 Å². The second kappa shape index (κ2) is 7.50. The van der Waals surface area contributed by atoms with E-state index >= 15 is 0 Å². The van der Waals surface area contributed by atoms with Crippen molar-refractivity contribution >= 4 is 29.2 Å². The number of amides is 3. The Hall–Kier alpha value is -3.02. The number of anilines is 3. The molecule has 0 heterocycles. The van der Waals surface area contributed by atoms with Crippen molar-refractivity contribution in [1.82, 2.24) is 0 Å². The SMILES string of the molecule is CC(C)(C)OC(=O)Nc1ccc(NC(=O)Nc2ccccc2)cc1. The van der Waals surface area contributed by atoms with E-state index in [1.54, 1.807) is 57.2 Å². The van der Waals surface area contributed by atoms with E-state index < -0.39 is 11.7 Å². The molecule has 0 aliphatic rings. The molecule has 0 spiro atoms. The first-order valence-corrected chi connectivity index (χ1v) is 7.55. The molecule has 24 heavy (non-hydrogen) atoms. The first-order chi connectivity index (χ1) is 11.3. The first-order valence-electron chi connectivity index (χ1n) is 7.55. The summed E-state index contributed by atoms with van der Waals surface area (Å²) in [5.41, 5.74) is 1.34. The Morgan fingerprint density at radius 1 is 0.750 bits per heavy atom. The van der Waals surface area contributed by atoms with Gasteiger partial charge >= 0.3 is 12.1 Å². The van der Waals surface area contributed by atoms with Gasteiger partial charge in [-0.15, -0.1) is 0 Å². The van der Waals surface area contributed by atoms with E-state index in [2.05, 4.69) is 16.0 Å². The predicted molar refractivity (Wildman–Crippen MR) is 95.4 cm³/mol. The fourth-order valence-corrected chi connectivity index (χ4v) is 1.87. The summed E-state index contributed by atoms with van der Waals surface area (Å²) in [6, 6.07) is 15.6. The predicted octanol–water partition coefficient (Wildman–Crippen LogP) is 4.68. The second-order valence-electron chi connectivity index (χ2n) is 6.15. The number of carbonyl (C=O) groups is 2. The van der Waals surface area contributed by atoms with Gasteiger partial charge in [0.25, 0.3) is 0 Å². The Labute approximate surface area is 141 Å². The van der Waals surface area contributed by atoms with Gasteiger partial charge in [0.1, 0.15) is 5.60 Å². The normalized spacial score (nSPS) is 10.6. The minimum Gasteiger partial charge on any atom is -0.444 e. The molecule has 2 aromatic carbocycles. The van der Waals surface area contributed by atoms with Gasteiger partial charge in [0.2, 0.25) is 0 Å². The average Bonchev–Trinajstić information content (AvgIpc) is 2.48. The van der Waals surface area contributed by atoms with Gasteiger partial charge in [0.15, 0.2) is 0 Å². The number of rotatable bonds is 3. The molecule has 3 N–H and O–H groups in total. The highest BCUT2D eigenvalue weighted by atomic mass is 16.6. The minimum absolute atomic E-state index is 0.339. The average molecular weight is 327 g/mol. The molecular formula is C18H21N3O3. The summed E-state index contributed by atoms with van der Waals surface area (Å²) < 4.78 is 5.17. The lowest BCUT2D eigenvalue weighted by molar-refractivity contribution is 0.0636. The molecule has 3 amide bonds. The maximum atomic E-state index is 11.9. The lowest BCUT2D eigenvalue weighted by Gasteiger charge is -2.19. The van der Waals surface area contributed by atoms with Gasteiger partial charge in [-0.05, 0) is 57.2 Å². The molecule has 0 bridgehead atoms. The van der Waals surface area contributed by atoms with Crippen molar-refractivity contribution in [3.63, 3.8) is 0 Å². The van der Waals surface area contributed by atoms with Crippen LogP contribution in [0.4, 0.5) is 26.7 Å². The third-order valence-corrected chi connectivity index (χ3v) is 2.82. The molecule has 2 rings (SSSR count). The van der Waals surface area contributed by atoms with E-state index in [-0.39, 0.29) is 6.03 Å². The number of nitrogens with one attached hydrogen (secondary N) is 3. The van der Waals surface area contributed by atoms with Crippen LogP contribution in [0.25, 0.3) is 0 Å². The zero-order valence-electron chi connectivity index (χ0n) is 13.9. The standard InChI is InChI=1S/C18H21N3O3/c1-18(2,3)24-17(23)21-15-11-9-14(10-12-15)20-16(22)19-13-7-5-4-6-8-13/h4-12H,1-3H3,(H,21,23)(H2,19,20,22). The van der Waals surface area contributed by atoms with Crippen LogP contribution in [0.2, 0.25) is 0 Å². The van der Waals surface area contributed by atoms with E-state index in [4.69, 9.17) is 4.74 Å². The summed E-state index contributed by atoms with van der Waals surface area (Å²) in [6.45, 7) is 5.39. The smallest absolute Gasteiger partial charge is 0.412 e. The monoisotopic (exact) mass is 327 g/mol. The van der Waals surface area contributed by atoms with Gasteiger partial charge in [-0.3, -0.25) is 5.32 Å². The number of hydrogen-bond acceptors (Lipinski definition) is 3. The Balaban J connectivity index is 1.87. The Morgan fingerprint density at radius 2 is 1.21 bits per heavy atom. The molecule has 126 valence electrons. The second-order valence-corrected chi connectivity index (χ2v) is 6.15. The summed E-state index contributed by atoms with van der Waals surface area (Å²) in [6.07, 6.45) is -0.523. The van der Waals surface area contributed by atoms with Crippen LogP contribution in [0.3, 0.4) is 0 Å². The Morgan fingerprint density at radius 3 is 1.71 bits per heavy atom. The van der Waals surface area contributed by atoms with Crippen LogP contribution in [0.15, 0.2) is 54.6 Å². The highest BCUT2D eigenvalue weighted by Crippen LogP contribution is 2.16. The third-order valence-electron chi connectivity index (χ3n) is 2.82. The van der Waals surface area contributed by atoms with Crippen molar-refractivity contribution in [2.75, 3.05) is 16.0 Å². The minimum atomic E-state index is -0.554. The molecule has 0 atom stereocenters. The number of benzene rings is 2. The largest absolute Gasteiger partial charge is 0.444 e. The number of para-hydroxylation sites is 1. The van der Waals surface area contributed by atoms with Crippen LogP contribution in [-0.2, 0) is 4.74 Å².